The number of halogens is 1. The van der Waals surface area contributed by atoms with Crippen LogP contribution in [-0.2, 0) is 4.74 Å². The molecule has 1 aromatic heterocycles. The van der Waals surface area contributed by atoms with Crippen molar-refractivity contribution in [1.82, 2.24) is 4.90 Å². The molecule has 1 aliphatic rings. The molecule has 3 aromatic rings. The van der Waals surface area contributed by atoms with Gasteiger partial charge in [-0.05, 0) is 53.9 Å². The minimum Gasteiger partial charge on any atom is -0.505 e. The number of nitrogens with zero attached hydrogens (tertiary/aromatic N) is 1. The molecule has 2 heterocycles. The topological polar surface area (TPSA) is 121 Å². The highest BCUT2D eigenvalue weighted by Crippen LogP contribution is 2.35. The molecule has 0 spiro atoms. The second kappa shape index (κ2) is 9.63. The summed E-state index contributed by atoms with van der Waals surface area (Å²) in [5.41, 5.74) is -0.942. The van der Waals surface area contributed by atoms with E-state index in [1.807, 2.05) is 19.9 Å². The fourth-order valence-electron chi connectivity index (χ4n) is 4.08. The maximum Gasteiger partial charge on any atom is 0.257 e. The number of nitrogens with one attached hydrogen (secondary N) is 2. The van der Waals surface area contributed by atoms with Crippen LogP contribution in [0.5, 0.6) is 5.75 Å². The SMILES string of the molecule is CC[C@@H](Nc1c(Nc2cccc(C(=O)N3CC[C@H](OC)C3)c2O)c(=O)c1=O)c1cc(Br)c(C)o1. The van der Waals surface area contributed by atoms with Crippen molar-refractivity contribution in [3.63, 3.8) is 0 Å². The number of methoxy groups -OCH3 is 1. The largest absolute Gasteiger partial charge is 0.505 e. The van der Waals surface area contributed by atoms with Gasteiger partial charge in [0.25, 0.3) is 16.8 Å². The van der Waals surface area contributed by atoms with Crippen LogP contribution >= 0.6 is 15.9 Å². The number of para-hydroxylation sites is 1. The van der Waals surface area contributed by atoms with E-state index in [-0.39, 0.29) is 46.4 Å². The van der Waals surface area contributed by atoms with E-state index in [1.165, 1.54) is 6.07 Å². The third-order valence-electron chi connectivity index (χ3n) is 6.15. The summed E-state index contributed by atoms with van der Waals surface area (Å²) in [6.45, 7) is 4.72. The number of aromatic hydroxyl groups is 1. The molecule has 0 saturated carbocycles. The van der Waals surface area contributed by atoms with Gasteiger partial charge in [0, 0.05) is 20.2 Å². The number of furan rings is 1. The number of amides is 1. The molecule has 0 radical (unpaired) electrons. The highest BCUT2D eigenvalue weighted by molar-refractivity contribution is 9.10. The molecule has 3 N–H and O–H groups in total. The molecule has 1 aliphatic heterocycles. The van der Waals surface area contributed by atoms with Crippen molar-refractivity contribution in [2.24, 2.45) is 0 Å². The molecule has 0 unspecified atom stereocenters. The van der Waals surface area contributed by atoms with E-state index in [2.05, 4.69) is 26.6 Å². The number of hydrogen-bond donors (Lipinski definition) is 3. The van der Waals surface area contributed by atoms with E-state index in [0.717, 1.165) is 10.9 Å². The molecule has 2 aromatic carbocycles. The number of benzene rings is 1. The first-order chi connectivity index (χ1) is 16.2. The van der Waals surface area contributed by atoms with Crippen LogP contribution < -0.4 is 21.5 Å². The number of carbonyl (C=O) groups excluding carboxylic acids is 1. The summed E-state index contributed by atoms with van der Waals surface area (Å²) >= 11 is 3.41. The van der Waals surface area contributed by atoms with Crippen molar-refractivity contribution >= 4 is 38.9 Å². The molecule has 9 nitrogen and oxygen atoms in total. The van der Waals surface area contributed by atoms with Crippen molar-refractivity contribution in [3.8, 4) is 5.75 Å². The zero-order chi connectivity index (χ0) is 24.6. The summed E-state index contributed by atoms with van der Waals surface area (Å²) in [6.07, 6.45) is 1.30. The Balaban J connectivity index is 1.57. The normalized spacial score (nSPS) is 16.7. The summed E-state index contributed by atoms with van der Waals surface area (Å²) in [5.74, 6) is 0.722. The van der Waals surface area contributed by atoms with Crippen LogP contribution in [0.25, 0.3) is 0 Å². The fourth-order valence-corrected chi connectivity index (χ4v) is 4.38. The minimum absolute atomic E-state index is 0.0325. The Labute approximate surface area is 204 Å². The molecule has 180 valence electrons. The molecular weight excluding hydrogens is 506 g/mol. The second-order valence-electron chi connectivity index (χ2n) is 8.29. The van der Waals surface area contributed by atoms with Crippen LogP contribution in [-0.4, -0.2) is 42.2 Å². The van der Waals surface area contributed by atoms with Gasteiger partial charge in [-0.25, -0.2) is 0 Å². The Morgan fingerprint density at radius 3 is 2.68 bits per heavy atom. The molecule has 2 atom stereocenters. The van der Waals surface area contributed by atoms with Crippen LogP contribution in [0.15, 0.2) is 42.7 Å². The van der Waals surface area contributed by atoms with Gasteiger partial charge < -0.3 is 29.8 Å². The Morgan fingerprint density at radius 1 is 1.32 bits per heavy atom. The Kier molecular flexibility index (Phi) is 6.81. The molecular formula is C24H26BrN3O6. The predicted molar refractivity (Wildman–Crippen MR) is 132 cm³/mol. The standard InChI is InChI=1S/C24H26BrN3O6/c1-4-16(18-10-15(25)12(2)34-18)26-19-20(23(31)22(19)30)27-17-7-5-6-14(21(17)29)24(32)28-9-8-13(11-28)33-3/h5-7,10,13,16,26-27,29H,4,8-9,11H2,1-3H3/t13-,16+/m0/s1. The third-order valence-corrected chi connectivity index (χ3v) is 6.94. The van der Waals surface area contributed by atoms with Gasteiger partial charge in [0.15, 0.2) is 5.75 Å². The van der Waals surface area contributed by atoms with E-state index in [9.17, 15) is 19.5 Å². The average Bonchev–Trinajstić information content (AvgIpc) is 3.45. The van der Waals surface area contributed by atoms with Gasteiger partial charge in [-0.3, -0.25) is 14.4 Å². The summed E-state index contributed by atoms with van der Waals surface area (Å²) in [6, 6.07) is 6.16. The number of likely N-dealkylation sites (tertiary alicyclic amines) is 1. The molecule has 10 heteroatoms. The highest BCUT2D eigenvalue weighted by atomic mass is 79.9. The fraction of sp³-hybridized carbons (Fsp3) is 0.375. The van der Waals surface area contributed by atoms with E-state index in [4.69, 9.17) is 9.15 Å². The number of aryl methyl sites for hydroxylation is 1. The minimum atomic E-state index is -0.701. The van der Waals surface area contributed by atoms with Gasteiger partial charge in [0.2, 0.25) is 0 Å². The number of phenols is 1. The number of hydrogen-bond acceptors (Lipinski definition) is 8. The van der Waals surface area contributed by atoms with Gasteiger partial charge in [-0.1, -0.05) is 13.0 Å². The highest BCUT2D eigenvalue weighted by Gasteiger charge is 2.30. The monoisotopic (exact) mass is 531 g/mol. The molecule has 1 amide bonds. The maximum atomic E-state index is 12.9. The zero-order valence-corrected chi connectivity index (χ0v) is 20.7. The van der Waals surface area contributed by atoms with Crippen LogP contribution in [0.3, 0.4) is 0 Å². The van der Waals surface area contributed by atoms with Crippen molar-refractivity contribution in [2.45, 2.75) is 38.8 Å². The van der Waals surface area contributed by atoms with Crippen molar-refractivity contribution < 1.29 is 19.1 Å². The predicted octanol–water partition coefficient (Wildman–Crippen LogP) is 3.82. The summed E-state index contributed by atoms with van der Waals surface area (Å²) in [5, 5.41) is 16.7. The number of anilines is 3. The lowest BCUT2D eigenvalue weighted by Crippen LogP contribution is -2.37. The van der Waals surface area contributed by atoms with Gasteiger partial charge in [0.05, 0.1) is 27.9 Å². The number of phenolic OH excluding ortho intramolecular Hbond substituents is 1. The first-order valence-electron chi connectivity index (χ1n) is 11.0. The molecule has 1 saturated heterocycles. The summed E-state index contributed by atoms with van der Waals surface area (Å²) < 4.78 is 11.9. The smallest absolute Gasteiger partial charge is 0.257 e. The van der Waals surface area contributed by atoms with E-state index >= 15 is 0 Å². The number of ether oxygens (including phenoxy) is 1. The number of rotatable bonds is 8. The van der Waals surface area contributed by atoms with E-state index in [0.29, 0.717) is 31.0 Å². The Hall–Kier alpha value is -3.11. The lowest BCUT2D eigenvalue weighted by Gasteiger charge is -2.21. The maximum absolute atomic E-state index is 12.9. The van der Waals surface area contributed by atoms with Crippen molar-refractivity contribution in [2.75, 3.05) is 30.8 Å². The summed E-state index contributed by atoms with van der Waals surface area (Å²) in [7, 11) is 1.60. The van der Waals surface area contributed by atoms with Gasteiger partial charge in [0.1, 0.15) is 22.9 Å². The molecule has 4 rings (SSSR count). The van der Waals surface area contributed by atoms with E-state index in [1.54, 1.807) is 24.1 Å². The van der Waals surface area contributed by atoms with Crippen molar-refractivity contribution in [3.05, 3.63) is 66.3 Å². The quantitative estimate of drug-likeness (QED) is 0.296. The van der Waals surface area contributed by atoms with Crippen LogP contribution in [0, 0.1) is 6.92 Å². The van der Waals surface area contributed by atoms with Crippen LogP contribution in [0.2, 0.25) is 0 Å². The van der Waals surface area contributed by atoms with Crippen LogP contribution in [0.1, 0.15) is 47.7 Å². The first kappa shape index (κ1) is 24.0. The van der Waals surface area contributed by atoms with Crippen LogP contribution in [0.4, 0.5) is 17.1 Å². The molecule has 0 bridgehead atoms. The Morgan fingerprint density at radius 2 is 2.06 bits per heavy atom. The lowest BCUT2D eigenvalue weighted by atomic mass is 10.1. The average molecular weight is 532 g/mol. The lowest BCUT2D eigenvalue weighted by molar-refractivity contribution is 0.0721. The molecule has 1 fully saturated rings. The zero-order valence-electron chi connectivity index (χ0n) is 19.1. The first-order valence-corrected chi connectivity index (χ1v) is 11.8. The third kappa shape index (κ3) is 4.35. The van der Waals surface area contributed by atoms with E-state index < -0.39 is 10.9 Å². The molecule has 34 heavy (non-hydrogen) atoms. The van der Waals surface area contributed by atoms with Gasteiger partial charge in [-0.2, -0.15) is 0 Å². The second-order valence-corrected chi connectivity index (χ2v) is 9.14. The van der Waals surface area contributed by atoms with Gasteiger partial charge >= 0.3 is 0 Å². The van der Waals surface area contributed by atoms with Crippen molar-refractivity contribution in [1.29, 1.82) is 0 Å². The van der Waals surface area contributed by atoms with Gasteiger partial charge in [-0.15, -0.1) is 0 Å². The molecule has 0 aliphatic carbocycles. The number of carbonyl (C=O) groups is 1. The Bertz CT molecular complexity index is 1270. The summed E-state index contributed by atoms with van der Waals surface area (Å²) in [4.78, 5) is 39.2.